The zero-order chi connectivity index (χ0) is 19.1. The number of ether oxygens (including phenoxy) is 2. The summed E-state index contributed by atoms with van der Waals surface area (Å²) in [7, 11) is 3.27. The molecule has 6 heteroatoms. The molecule has 1 aliphatic heterocycles. The zero-order valence-corrected chi connectivity index (χ0v) is 15.8. The Bertz CT molecular complexity index is 1170. The lowest BCUT2D eigenvalue weighted by Crippen LogP contribution is -2.18. The summed E-state index contributed by atoms with van der Waals surface area (Å²) in [6.07, 6.45) is 4.77. The normalized spacial score (nSPS) is 13.0. The van der Waals surface area contributed by atoms with E-state index in [1.165, 1.54) is 11.3 Å². The lowest BCUT2D eigenvalue weighted by Gasteiger charge is -2.20. The molecule has 0 radical (unpaired) electrons. The predicted molar refractivity (Wildman–Crippen MR) is 109 cm³/mol. The highest BCUT2D eigenvalue weighted by Crippen LogP contribution is 2.36. The lowest BCUT2D eigenvalue weighted by atomic mass is 10.1. The molecule has 2 aromatic heterocycles. The predicted octanol–water partition coefficient (Wildman–Crippen LogP) is 4.11. The molecule has 0 spiro atoms. The van der Waals surface area contributed by atoms with Crippen LogP contribution in [0.1, 0.15) is 5.56 Å². The smallest absolute Gasteiger partial charge is 0.216 e. The Kier molecular flexibility index (Phi) is 3.90. The molecular weight excluding hydrogens is 352 g/mol. The first-order valence-corrected chi connectivity index (χ1v) is 9.20. The molecule has 0 N–H and O–H groups in total. The van der Waals surface area contributed by atoms with E-state index in [9.17, 15) is 0 Å². The molecular formula is C22H20N4O2. The summed E-state index contributed by atoms with van der Waals surface area (Å²) in [4.78, 5) is 11.8. The van der Waals surface area contributed by atoms with Gasteiger partial charge < -0.3 is 14.4 Å². The van der Waals surface area contributed by atoms with Crippen LogP contribution < -0.4 is 14.4 Å². The summed E-state index contributed by atoms with van der Waals surface area (Å²) < 4.78 is 12.9. The number of nitrogens with zero attached hydrogens (tertiary/aromatic N) is 4. The third-order valence-electron chi connectivity index (χ3n) is 5.18. The Hall–Kier alpha value is -3.54. The van der Waals surface area contributed by atoms with E-state index in [1.807, 2.05) is 34.9 Å². The van der Waals surface area contributed by atoms with Gasteiger partial charge >= 0.3 is 0 Å². The van der Waals surface area contributed by atoms with Gasteiger partial charge in [-0.15, -0.1) is 0 Å². The van der Waals surface area contributed by atoms with E-state index in [-0.39, 0.29) is 0 Å². The molecule has 5 rings (SSSR count). The molecule has 0 fully saturated rings. The molecule has 3 heterocycles. The minimum atomic E-state index is 0.679. The van der Waals surface area contributed by atoms with Gasteiger partial charge in [0.15, 0.2) is 11.5 Å². The molecule has 0 unspecified atom stereocenters. The van der Waals surface area contributed by atoms with Crippen LogP contribution in [-0.2, 0) is 6.42 Å². The van der Waals surface area contributed by atoms with Gasteiger partial charge in [-0.2, -0.15) is 0 Å². The summed E-state index contributed by atoms with van der Waals surface area (Å²) in [6, 6.07) is 16.3. The summed E-state index contributed by atoms with van der Waals surface area (Å²) in [5.74, 6) is 2.24. The van der Waals surface area contributed by atoms with Crippen molar-refractivity contribution in [2.75, 3.05) is 25.7 Å². The van der Waals surface area contributed by atoms with Crippen molar-refractivity contribution in [2.45, 2.75) is 6.42 Å². The van der Waals surface area contributed by atoms with E-state index in [2.05, 4.69) is 34.1 Å². The highest BCUT2D eigenvalue weighted by molar-refractivity contribution is 5.73. The molecule has 140 valence electrons. The molecule has 0 saturated carbocycles. The Morgan fingerprint density at radius 2 is 1.82 bits per heavy atom. The van der Waals surface area contributed by atoms with Gasteiger partial charge in [0.05, 0.1) is 19.9 Å². The number of imidazole rings is 1. The molecule has 4 aromatic rings. The first-order chi connectivity index (χ1) is 13.8. The van der Waals surface area contributed by atoms with Crippen LogP contribution in [-0.4, -0.2) is 35.1 Å². The SMILES string of the molecule is COc1ccc(-c2cc3nccn3c(N3CCc4ccccc43)n2)cc1OC. The molecule has 28 heavy (non-hydrogen) atoms. The average Bonchev–Trinajstić information content (AvgIpc) is 3.39. The van der Waals surface area contributed by atoms with E-state index < -0.39 is 0 Å². The van der Waals surface area contributed by atoms with Crippen LogP contribution in [0.5, 0.6) is 11.5 Å². The number of hydrogen-bond donors (Lipinski definition) is 0. The Morgan fingerprint density at radius 1 is 0.964 bits per heavy atom. The number of para-hydroxylation sites is 1. The molecule has 0 amide bonds. The van der Waals surface area contributed by atoms with Crippen molar-refractivity contribution in [3.05, 3.63) is 66.5 Å². The molecule has 0 saturated heterocycles. The molecule has 2 aromatic carbocycles. The first kappa shape index (κ1) is 16.6. The van der Waals surface area contributed by atoms with Crippen LogP contribution in [0.4, 0.5) is 11.6 Å². The number of rotatable bonds is 4. The van der Waals surface area contributed by atoms with Gasteiger partial charge in [-0.3, -0.25) is 4.40 Å². The third kappa shape index (κ3) is 2.57. The number of benzene rings is 2. The highest BCUT2D eigenvalue weighted by atomic mass is 16.5. The number of anilines is 2. The number of aromatic nitrogens is 3. The monoisotopic (exact) mass is 372 g/mol. The largest absolute Gasteiger partial charge is 0.493 e. The van der Waals surface area contributed by atoms with Crippen molar-refractivity contribution < 1.29 is 9.47 Å². The van der Waals surface area contributed by atoms with Gasteiger partial charge in [0.2, 0.25) is 5.95 Å². The van der Waals surface area contributed by atoms with Crippen molar-refractivity contribution >= 4 is 17.3 Å². The van der Waals surface area contributed by atoms with Crippen LogP contribution in [0.15, 0.2) is 60.9 Å². The summed E-state index contributed by atoms with van der Waals surface area (Å²) in [5, 5.41) is 0. The van der Waals surface area contributed by atoms with Gasteiger partial charge in [-0.05, 0) is 36.2 Å². The maximum Gasteiger partial charge on any atom is 0.216 e. The Labute approximate surface area is 163 Å². The van der Waals surface area contributed by atoms with Crippen molar-refractivity contribution in [2.24, 2.45) is 0 Å². The van der Waals surface area contributed by atoms with E-state index in [1.54, 1.807) is 20.4 Å². The van der Waals surface area contributed by atoms with E-state index in [0.29, 0.717) is 11.5 Å². The fourth-order valence-electron chi connectivity index (χ4n) is 3.79. The minimum absolute atomic E-state index is 0.679. The van der Waals surface area contributed by atoms with Crippen LogP contribution in [0.3, 0.4) is 0 Å². The fraction of sp³-hybridized carbons (Fsp3) is 0.182. The summed E-state index contributed by atoms with van der Waals surface area (Å²) in [6.45, 7) is 0.898. The zero-order valence-electron chi connectivity index (χ0n) is 15.8. The second-order valence-corrected chi connectivity index (χ2v) is 6.70. The molecule has 0 aliphatic carbocycles. The second kappa shape index (κ2) is 6.56. The van der Waals surface area contributed by atoms with Crippen LogP contribution >= 0.6 is 0 Å². The second-order valence-electron chi connectivity index (χ2n) is 6.70. The van der Waals surface area contributed by atoms with Crippen molar-refractivity contribution in [3.63, 3.8) is 0 Å². The third-order valence-corrected chi connectivity index (χ3v) is 5.18. The van der Waals surface area contributed by atoms with Gasteiger partial charge in [-0.25, -0.2) is 9.97 Å². The maximum atomic E-state index is 5.46. The van der Waals surface area contributed by atoms with E-state index in [0.717, 1.165) is 35.8 Å². The summed E-state index contributed by atoms with van der Waals surface area (Å²) in [5.41, 5.74) is 5.21. The molecule has 0 atom stereocenters. The van der Waals surface area contributed by atoms with Crippen molar-refractivity contribution in [1.82, 2.24) is 14.4 Å². The number of hydrogen-bond acceptors (Lipinski definition) is 5. The van der Waals surface area contributed by atoms with E-state index in [4.69, 9.17) is 14.5 Å². The standard InChI is InChI=1S/C22H20N4O2/c1-27-19-8-7-16(13-20(19)28-2)17-14-21-23-10-12-26(21)22(24-17)25-11-9-15-5-3-4-6-18(15)25/h3-8,10,12-14H,9,11H2,1-2H3. The quantitative estimate of drug-likeness (QED) is 0.540. The lowest BCUT2D eigenvalue weighted by molar-refractivity contribution is 0.355. The van der Waals surface area contributed by atoms with Gasteiger partial charge in [0.25, 0.3) is 0 Å². The minimum Gasteiger partial charge on any atom is -0.493 e. The topological polar surface area (TPSA) is 51.9 Å². The van der Waals surface area contributed by atoms with E-state index >= 15 is 0 Å². The molecule has 1 aliphatic rings. The maximum absolute atomic E-state index is 5.46. The Balaban J connectivity index is 1.67. The fourth-order valence-corrected chi connectivity index (χ4v) is 3.79. The first-order valence-electron chi connectivity index (χ1n) is 9.20. The van der Waals surface area contributed by atoms with Gasteiger partial charge in [-0.1, -0.05) is 18.2 Å². The van der Waals surface area contributed by atoms with Gasteiger partial charge in [0, 0.05) is 36.3 Å². The van der Waals surface area contributed by atoms with Crippen LogP contribution in [0.25, 0.3) is 16.9 Å². The number of methoxy groups -OCH3 is 2. The Morgan fingerprint density at radius 3 is 2.68 bits per heavy atom. The molecule has 0 bridgehead atoms. The highest BCUT2D eigenvalue weighted by Gasteiger charge is 2.24. The summed E-state index contributed by atoms with van der Waals surface area (Å²) >= 11 is 0. The van der Waals surface area contributed by atoms with Crippen LogP contribution in [0, 0.1) is 0 Å². The number of fused-ring (bicyclic) bond motifs is 2. The van der Waals surface area contributed by atoms with Crippen molar-refractivity contribution in [3.8, 4) is 22.8 Å². The molecule has 6 nitrogen and oxygen atoms in total. The van der Waals surface area contributed by atoms with Crippen LogP contribution in [0.2, 0.25) is 0 Å². The van der Waals surface area contributed by atoms with Crippen molar-refractivity contribution in [1.29, 1.82) is 0 Å². The average molecular weight is 372 g/mol. The van der Waals surface area contributed by atoms with Gasteiger partial charge in [0.1, 0.15) is 5.65 Å².